The standard InChI is InChI=1S/C9H12F2O3S/c1-9(15(2,12)13)5-3-4-7(6-9)14-8(10)11/h3-5,8H,6H2,1-2H3/p+1. The van der Waals surface area contributed by atoms with Gasteiger partial charge in [0, 0.05) is 0 Å². The van der Waals surface area contributed by atoms with E-state index in [0.717, 1.165) is 0 Å². The molecule has 0 aromatic heterocycles. The molecule has 86 valence electrons. The van der Waals surface area contributed by atoms with E-state index >= 15 is 0 Å². The average Bonchev–Trinajstić information content (AvgIpc) is 2.00. The third-order valence-electron chi connectivity index (χ3n) is 2.36. The van der Waals surface area contributed by atoms with Gasteiger partial charge in [-0.1, -0.05) is 10.3 Å². The third kappa shape index (κ3) is 2.85. The first kappa shape index (κ1) is 12.3. The van der Waals surface area contributed by atoms with Gasteiger partial charge in [-0.2, -0.15) is 13.3 Å². The molecule has 0 fully saturated rings. The largest absolute Gasteiger partial charge is 0.439 e. The van der Waals surface area contributed by atoms with Gasteiger partial charge in [-0.05, 0) is 19.1 Å². The molecular weight excluding hydrogens is 226 g/mol. The second kappa shape index (κ2) is 4.02. The van der Waals surface area contributed by atoms with Crippen LogP contribution in [0.15, 0.2) is 24.0 Å². The summed E-state index contributed by atoms with van der Waals surface area (Å²) in [5, 5.41) is 0. The Morgan fingerprint density at radius 3 is 2.73 bits per heavy atom. The van der Waals surface area contributed by atoms with Crippen molar-refractivity contribution in [3.63, 3.8) is 0 Å². The normalized spacial score (nSPS) is 29.9. The highest BCUT2D eigenvalue weighted by Gasteiger charge is 2.46. The fraction of sp³-hybridized carbons (Fsp3) is 0.556. The van der Waals surface area contributed by atoms with E-state index < -0.39 is 21.6 Å². The first-order valence-electron chi connectivity index (χ1n) is 4.29. The Bertz CT molecular complexity index is 345. The topological polar surface area (TPSA) is 46.5 Å². The number of ether oxygens (including phenoxy) is 1. The van der Waals surface area contributed by atoms with Gasteiger partial charge in [0.2, 0.25) is 10.2 Å². The van der Waals surface area contributed by atoms with Crippen molar-refractivity contribution in [3.05, 3.63) is 24.0 Å². The second-order valence-electron chi connectivity index (χ2n) is 3.66. The Balaban J connectivity index is 2.83. The molecule has 0 spiro atoms. The minimum Gasteiger partial charge on any atom is -0.439 e. The zero-order chi connectivity index (χ0) is 11.7. The molecular formula is C9H13F2O3S+. The van der Waals surface area contributed by atoms with Gasteiger partial charge in [0.25, 0.3) is 0 Å². The van der Waals surface area contributed by atoms with Crippen molar-refractivity contribution in [1.82, 2.24) is 0 Å². The predicted molar refractivity (Wildman–Crippen MR) is 53.9 cm³/mol. The summed E-state index contributed by atoms with van der Waals surface area (Å²) in [4.78, 5) is 0. The van der Waals surface area contributed by atoms with E-state index in [0.29, 0.717) is 0 Å². The number of rotatable bonds is 3. The molecule has 0 bridgehead atoms. The number of halogens is 2. The SMILES string of the molecule is CC1([S+](C)(=O)O)C=CC=C(OC(F)F)C1. The van der Waals surface area contributed by atoms with E-state index in [-0.39, 0.29) is 12.2 Å². The molecule has 0 amide bonds. The summed E-state index contributed by atoms with van der Waals surface area (Å²) in [5.74, 6) is 0.0265. The predicted octanol–water partition coefficient (Wildman–Crippen LogP) is 2.43. The summed E-state index contributed by atoms with van der Waals surface area (Å²) < 4.78 is 48.1. The highest BCUT2D eigenvalue weighted by molar-refractivity contribution is 7.98. The molecule has 6 heteroatoms. The molecule has 1 aliphatic carbocycles. The molecule has 1 N–H and O–H groups in total. The van der Waals surface area contributed by atoms with Crippen molar-refractivity contribution in [2.45, 2.75) is 24.7 Å². The van der Waals surface area contributed by atoms with Crippen LogP contribution in [0, 0.1) is 0 Å². The highest BCUT2D eigenvalue weighted by atomic mass is 32.3. The van der Waals surface area contributed by atoms with Crippen LogP contribution in [0.4, 0.5) is 8.78 Å². The van der Waals surface area contributed by atoms with Crippen LogP contribution in [0.2, 0.25) is 0 Å². The molecule has 0 saturated heterocycles. The van der Waals surface area contributed by atoms with Gasteiger partial charge in [0.15, 0.2) is 4.75 Å². The van der Waals surface area contributed by atoms with Crippen LogP contribution in [0.3, 0.4) is 0 Å². The lowest BCUT2D eigenvalue weighted by atomic mass is 10.0. The molecule has 0 radical (unpaired) electrons. The molecule has 1 aliphatic rings. The first-order valence-corrected chi connectivity index (χ1v) is 6.21. The Morgan fingerprint density at radius 1 is 1.67 bits per heavy atom. The Hall–Kier alpha value is -0.750. The molecule has 0 saturated carbocycles. The van der Waals surface area contributed by atoms with Crippen LogP contribution in [0.1, 0.15) is 13.3 Å². The summed E-state index contributed by atoms with van der Waals surface area (Å²) in [6.45, 7) is -1.37. The lowest BCUT2D eigenvalue weighted by Gasteiger charge is -2.25. The van der Waals surface area contributed by atoms with Crippen molar-refractivity contribution >= 4 is 10.2 Å². The van der Waals surface area contributed by atoms with Gasteiger partial charge >= 0.3 is 6.61 Å². The van der Waals surface area contributed by atoms with Gasteiger partial charge in [-0.3, -0.25) is 0 Å². The van der Waals surface area contributed by atoms with E-state index in [2.05, 4.69) is 4.74 Å². The molecule has 2 unspecified atom stereocenters. The van der Waals surface area contributed by atoms with Crippen LogP contribution in [-0.2, 0) is 19.2 Å². The van der Waals surface area contributed by atoms with Crippen molar-refractivity contribution in [3.8, 4) is 0 Å². The number of allylic oxidation sites excluding steroid dienone is 3. The smallest absolute Gasteiger partial charge is 0.387 e. The van der Waals surface area contributed by atoms with Crippen LogP contribution < -0.4 is 0 Å². The first-order chi connectivity index (χ1) is 6.74. The van der Waals surface area contributed by atoms with Gasteiger partial charge < -0.3 is 4.74 Å². The second-order valence-corrected chi connectivity index (χ2v) is 6.20. The summed E-state index contributed by atoms with van der Waals surface area (Å²) in [5.41, 5.74) is 0. The molecule has 2 atom stereocenters. The lowest BCUT2D eigenvalue weighted by Crippen LogP contribution is -2.39. The van der Waals surface area contributed by atoms with Crippen LogP contribution in [-0.4, -0.2) is 22.2 Å². The number of hydrogen-bond acceptors (Lipinski definition) is 2. The molecule has 0 aliphatic heterocycles. The summed E-state index contributed by atoms with van der Waals surface area (Å²) >= 11 is 0. The Labute approximate surface area is 88.1 Å². The zero-order valence-electron chi connectivity index (χ0n) is 8.44. The van der Waals surface area contributed by atoms with Crippen molar-refractivity contribution in [2.75, 3.05) is 6.26 Å². The number of hydrogen-bond donors (Lipinski definition) is 1. The number of alkyl halides is 2. The maximum absolute atomic E-state index is 11.9. The van der Waals surface area contributed by atoms with Crippen molar-refractivity contribution in [2.24, 2.45) is 0 Å². The van der Waals surface area contributed by atoms with Gasteiger partial charge in [-0.25, -0.2) is 0 Å². The fourth-order valence-corrected chi connectivity index (χ4v) is 2.02. The average molecular weight is 239 g/mol. The summed E-state index contributed by atoms with van der Waals surface area (Å²) in [6, 6.07) is 0. The Morgan fingerprint density at radius 2 is 2.27 bits per heavy atom. The molecule has 3 nitrogen and oxygen atoms in total. The maximum atomic E-state index is 11.9. The lowest BCUT2D eigenvalue weighted by molar-refractivity contribution is -0.0991. The molecule has 0 heterocycles. The summed E-state index contributed by atoms with van der Waals surface area (Å²) in [7, 11) is -3.10. The van der Waals surface area contributed by atoms with E-state index in [4.69, 9.17) is 0 Å². The minimum absolute atomic E-state index is 0.000324. The van der Waals surface area contributed by atoms with Crippen LogP contribution in [0.5, 0.6) is 0 Å². The van der Waals surface area contributed by atoms with Gasteiger partial charge in [0.05, 0.1) is 6.42 Å². The van der Waals surface area contributed by atoms with E-state index in [1.807, 2.05) is 0 Å². The van der Waals surface area contributed by atoms with E-state index in [1.165, 1.54) is 31.4 Å². The summed E-state index contributed by atoms with van der Waals surface area (Å²) in [6.07, 6.45) is 5.55. The minimum atomic E-state index is -3.10. The molecule has 0 aromatic carbocycles. The Kier molecular flexibility index (Phi) is 3.30. The van der Waals surface area contributed by atoms with Crippen molar-refractivity contribution < 1.29 is 22.3 Å². The van der Waals surface area contributed by atoms with Gasteiger partial charge in [0.1, 0.15) is 12.0 Å². The molecule has 1 rings (SSSR count). The maximum Gasteiger partial charge on any atom is 0.387 e. The molecule has 0 aromatic rings. The van der Waals surface area contributed by atoms with Gasteiger partial charge in [-0.15, -0.1) is 0 Å². The highest BCUT2D eigenvalue weighted by Crippen LogP contribution is 2.33. The van der Waals surface area contributed by atoms with E-state index in [1.54, 1.807) is 0 Å². The van der Waals surface area contributed by atoms with Crippen molar-refractivity contribution in [1.29, 1.82) is 0 Å². The fourth-order valence-electron chi connectivity index (χ4n) is 1.28. The zero-order valence-corrected chi connectivity index (χ0v) is 9.26. The van der Waals surface area contributed by atoms with Crippen LogP contribution in [0.25, 0.3) is 0 Å². The quantitative estimate of drug-likeness (QED) is 0.769. The third-order valence-corrected chi connectivity index (χ3v) is 4.37. The van der Waals surface area contributed by atoms with E-state index in [9.17, 15) is 17.5 Å². The molecule has 15 heavy (non-hydrogen) atoms. The monoisotopic (exact) mass is 239 g/mol. The van der Waals surface area contributed by atoms with Crippen LogP contribution >= 0.6 is 0 Å².